The summed E-state index contributed by atoms with van der Waals surface area (Å²) in [7, 11) is 3.95. The monoisotopic (exact) mass is 330 g/mol. The van der Waals surface area contributed by atoms with E-state index in [2.05, 4.69) is 49.9 Å². The molecule has 0 unspecified atom stereocenters. The summed E-state index contributed by atoms with van der Waals surface area (Å²) in [5, 5.41) is 0. The summed E-state index contributed by atoms with van der Waals surface area (Å²) in [6.45, 7) is 2.08. The Balaban J connectivity index is 2.13. The summed E-state index contributed by atoms with van der Waals surface area (Å²) in [5.74, 6) is 1.76. The van der Waals surface area contributed by atoms with Crippen LogP contribution >= 0.6 is 15.9 Å². The molecule has 2 aromatic heterocycles. The van der Waals surface area contributed by atoms with Crippen LogP contribution in [-0.2, 0) is 0 Å². The molecule has 20 heavy (non-hydrogen) atoms. The lowest BCUT2D eigenvalue weighted by Crippen LogP contribution is -2.10. The van der Waals surface area contributed by atoms with E-state index < -0.39 is 0 Å². The van der Waals surface area contributed by atoms with Gasteiger partial charge in [0.25, 0.3) is 0 Å². The normalized spacial score (nSPS) is 11.0. The molecule has 0 bridgehead atoms. The summed E-state index contributed by atoms with van der Waals surface area (Å²) in [5.41, 5.74) is 3.96. The number of halogens is 1. The van der Waals surface area contributed by atoms with E-state index in [0.29, 0.717) is 0 Å². The molecular weight excluding hydrogens is 316 g/mol. The first kappa shape index (κ1) is 13.1. The highest BCUT2D eigenvalue weighted by Gasteiger charge is 2.10. The van der Waals surface area contributed by atoms with Crippen LogP contribution in [0.15, 0.2) is 34.8 Å². The average molecular weight is 331 g/mol. The van der Waals surface area contributed by atoms with Crippen molar-refractivity contribution in [1.29, 1.82) is 0 Å². The van der Waals surface area contributed by atoms with E-state index in [1.807, 2.05) is 37.2 Å². The number of aromatic nitrogens is 3. The van der Waals surface area contributed by atoms with Gasteiger partial charge in [-0.2, -0.15) is 0 Å². The van der Waals surface area contributed by atoms with Gasteiger partial charge in [0, 0.05) is 24.1 Å². The van der Waals surface area contributed by atoms with Gasteiger partial charge in [-0.15, -0.1) is 0 Å². The summed E-state index contributed by atoms with van der Waals surface area (Å²) in [6, 6.07) is 10.2. The molecule has 0 spiro atoms. The highest BCUT2D eigenvalue weighted by Crippen LogP contribution is 2.26. The highest BCUT2D eigenvalue weighted by atomic mass is 79.9. The molecular formula is C15H15BrN4. The van der Waals surface area contributed by atoms with Gasteiger partial charge in [0.1, 0.15) is 11.6 Å². The third-order valence-electron chi connectivity index (χ3n) is 3.23. The fourth-order valence-electron chi connectivity index (χ4n) is 2.15. The van der Waals surface area contributed by atoms with Crippen LogP contribution in [0.4, 0.5) is 5.82 Å². The van der Waals surface area contributed by atoms with Gasteiger partial charge < -0.3 is 9.88 Å². The number of imidazole rings is 1. The van der Waals surface area contributed by atoms with E-state index in [0.717, 1.165) is 32.8 Å². The minimum absolute atomic E-state index is 0.744. The summed E-state index contributed by atoms with van der Waals surface area (Å²) >= 11 is 3.48. The Morgan fingerprint density at radius 1 is 1.10 bits per heavy atom. The predicted octanol–water partition coefficient (Wildman–Crippen LogP) is 3.76. The molecule has 0 fully saturated rings. The van der Waals surface area contributed by atoms with Crippen molar-refractivity contribution < 1.29 is 0 Å². The number of anilines is 1. The van der Waals surface area contributed by atoms with E-state index in [1.165, 1.54) is 5.56 Å². The van der Waals surface area contributed by atoms with Gasteiger partial charge in [-0.1, -0.05) is 15.9 Å². The lowest BCUT2D eigenvalue weighted by Gasteiger charge is -2.09. The molecule has 0 amide bonds. The Hall–Kier alpha value is -1.88. The van der Waals surface area contributed by atoms with Crippen molar-refractivity contribution in [2.75, 3.05) is 19.0 Å². The largest absolute Gasteiger partial charge is 0.363 e. The average Bonchev–Trinajstić information content (AvgIpc) is 2.80. The number of nitrogens with zero attached hydrogens (tertiary/aromatic N) is 3. The van der Waals surface area contributed by atoms with Gasteiger partial charge in [0.15, 0.2) is 5.65 Å². The minimum Gasteiger partial charge on any atom is -0.363 e. The second-order valence-corrected chi connectivity index (χ2v) is 5.90. The maximum absolute atomic E-state index is 4.61. The summed E-state index contributed by atoms with van der Waals surface area (Å²) < 4.78 is 1.07. The lowest BCUT2D eigenvalue weighted by atomic mass is 10.1. The number of benzene rings is 1. The fraction of sp³-hybridized carbons (Fsp3) is 0.200. The van der Waals surface area contributed by atoms with Gasteiger partial charge >= 0.3 is 0 Å². The van der Waals surface area contributed by atoms with Crippen LogP contribution in [0, 0.1) is 6.92 Å². The van der Waals surface area contributed by atoms with E-state index in [-0.39, 0.29) is 0 Å². The standard InChI is InChI=1S/C15H15BrN4/c1-9-8-10(16)4-5-11(9)14-17-12-6-7-13(20(2)3)18-15(12)19-14/h4-8H,1-3H3,(H,17,18,19). The van der Waals surface area contributed by atoms with Gasteiger partial charge in [0.05, 0.1) is 5.52 Å². The predicted molar refractivity (Wildman–Crippen MR) is 86.1 cm³/mol. The Bertz CT molecular complexity index is 777. The number of hydrogen-bond acceptors (Lipinski definition) is 3. The van der Waals surface area contributed by atoms with Crippen LogP contribution in [0.5, 0.6) is 0 Å². The third kappa shape index (κ3) is 2.29. The molecule has 2 heterocycles. The number of fused-ring (bicyclic) bond motifs is 1. The third-order valence-corrected chi connectivity index (χ3v) is 3.73. The molecule has 0 radical (unpaired) electrons. The molecule has 3 aromatic rings. The Morgan fingerprint density at radius 2 is 1.90 bits per heavy atom. The first-order valence-electron chi connectivity index (χ1n) is 6.35. The molecule has 0 aliphatic carbocycles. The molecule has 0 aliphatic heterocycles. The maximum atomic E-state index is 4.61. The fourth-order valence-corrected chi connectivity index (χ4v) is 2.63. The molecule has 1 aromatic carbocycles. The highest BCUT2D eigenvalue weighted by molar-refractivity contribution is 9.10. The molecule has 0 atom stereocenters. The van der Waals surface area contributed by atoms with E-state index in [4.69, 9.17) is 0 Å². The van der Waals surface area contributed by atoms with E-state index >= 15 is 0 Å². The zero-order chi connectivity index (χ0) is 14.3. The van der Waals surface area contributed by atoms with E-state index in [9.17, 15) is 0 Å². The lowest BCUT2D eigenvalue weighted by molar-refractivity contribution is 1.08. The molecule has 1 N–H and O–H groups in total. The molecule has 0 saturated heterocycles. The molecule has 3 rings (SSSR count). The second-order valence-electron chi connectivity index (χ2n) is 4.98. The smallest absolute Gasteiger partial charge is 0.180 e. The van der Waals surface area contributed by atoms with Crippen molar-refractivity contribution in [2.24, 2.45) is 0 Å². The van der Waals surface area contributed by atoms with Crippen molar-refractivity contribution in [3.63, 3.8) is 0 Å². The van der Waals surface area contributed by atoms with Crippen LogP contribution in [-0.4, -0.2) is 29.0 Å². The quantitative estimate of drug-likeness (QED) is 0.778. The first-order valence-corrected chi connectivity index (χ1v) is 7.14. The molecule has 0 aliphatic rings. The SMILES string of the molecule is Cc1cc(Br)ccc1-c1nc2nc(N(C)C)ccc2[nH]1. The Kier molecular flexibility index (Phi) is 3.22. The van der Waals surface area contributed by atoms with Crippen LogP contribution in [0.3, 0.4) is 0 Å². The zero-order valence-electron chi connectivity index (χ0n) is 11.6. The van der Waals surface area contributed by atoms with Gasteiger partial charge in [-0.05, 0) is 42.8 Å². The number of aryl methyl sites for hydroxylation is 1. The number of nitrogens with one attached hydrogen (secondary N) is 1. The van der Waals surface area contributed by atoms with Crippen molar-refractivity contribution in [3.05, 3.63) is 40.4 Å². The van der Waals surface area contributed by atoms with Gasteiger partial charge in [-0.25, -0.2) is 9.97 Å². The van der Waals surface area contributed by atoms with Crippen LogP contribution in [0.25, 0.3) is 22.6 Å². The first-order chi connectivity index (χ1) is 9.54. The van der Waals surface area contributed by atoms with Crippen molar-refractivity contribution in [2.45, 2.75) is 6.92 Å². The van der Waals surface area contributed by atoms with Gasteiger partial charge in [0.2, 0.25) is 0 Å². The minimum atomic E-state index is 0.744. The number of rotatable bonds is 2. The van der Waals surface area contributed by atoms with Gasteiger partial charge in [-0.3, -0.25) is 0 Å². The van der Waals surface area contributed by atoms with Crippen molar-refractivity contribution in [1.82, 2.24) is 15.0 Å². The molecule has 5 heteroatoms. The molecule has 0 saturated carbocycles. The summed E-state index contributed by atoms with van der Waals surface area (Å²) in [6.07, 6.45) is 0. The van der Waals surface area contributed by atoms with Crippen LogP contribution < -0.4 is 4.90 Å². The Morgan fingerprint density at radius 3 is 2.60 bits per heavy atom. The summed E-state index contributed by atoms with van der Waals surface area (Å²) in [4.78, 5) is 14.5. The van der Waals surface area contributed by atoms with Crippen LogP contribution in [0.2, 0.25) is 0 Å². The van der Waals surface area contributed by atoms with E-state index in [1.54, 1.807) is 0 Å². The number of hydrogen-bond donors (Lipinski definition) is 1. The Labute approximate surface area is 126 Å². The van der Waals surface area contributed by atoms with Crippen molar-refractivity contribution >= 4 is 32.9 Å². The number of H-pyrrole nitrogens is 1. The zero-order valence-corrected chi connectivity index (χ0v) is 13.2. The molecule has 102 valence electrons. The number of pyridine rings is 1. The second kappa shape index (κ2) is 4.90. The van der Waals surface area contributed by atoms with Crippen molar-refractivity contribution in [3.8, 4) is 11.4 Å². The molecule has 4 nitrogen and oxygen atoms in total. The van der Waals surface area contributed by atoms with Crippen LogP contribution in [0.1, 0.15) is 5.56 Å². The topological polar surface area (TPSA) is 44.8 Å². The maximum Gasteiger partial charge on any atom is 0.180 e. The number of aromatic amines is 1.